The van der Waals surface area contributed by atoms with E-state index in [1.807, 2.05) is 18.2 Å². The quantitative estimate of drug-likeness (QED) is 0.386. The molecule has 0 spiro atoms. The Kier molecular flexibility index (Phi) is 5.46. The van der Waals surface area contributed by atoms with Gasteiger partial charge in [-0.05, 0) is 80.3 Å². The van der Waals surface area contributed by atoms with Gasteiger partial charge in [0.1, 0.15) is 0 Å². The van der Waals surface area contributed by atoms with Crippen molar-refractivity contribution in [3.05, 3.63) is 81.9 Å². The number of carbonyl (C=O) groups is 4. The molecule has 6 nitrogen and oxygen atoms in total. The summed E-state index contributed by atoms with van der Waals surface area (Å²) in [7, 11) is 0. The van der Waals surface area contributed by atoms with Crippen molar-refractivity contribution in [2.45, 2.75) is 63.2 Å². The number of alkyl halides is 3. The lowest BCUT2D eigenvalue weighted by Crippen LogP contribution is -2.51. The van der Waals surface area contributed by atoms with Crippen molar-refractivity contribution in [1.29, 1.82) is 0 Å². The highest BCUT2D eigenvalue weighted by molar-refractivity contribution is 6.33. The third-order valence-electron chi connectivity index (χ3n) is 9.17. The van der Waals surface area contributed by atoms with Crippen LogP contribution in [0.3, 0.4) is 0 Å². The fraction of sp³-hybridized carbons (Fsp3) is 0.355. The Morgan fingerprint density at radius 2 is 1.02 bits per heavy atom. The van der Waals surface area contributed by atoms with Crippen LogP contribution in [0, 0.1) is 5.92 Å². The van der Waals surface area contributed by atoms with Crippen molar-refractivity contribution in [2.24, 2.45) is 5.92 Å². The first-order valence-corrected chi connectivity index (χ1v) is 13.6. The molecule has 9 heteroatoms. The monoisotopic (exact) mass is 546 g/mol. The number of fused-ring (bicyclic) bond motifs is 1. The molecular formula is C31H25F3N2O4. The van der Waals surface area contributed by atoms with Crippen molar-refractivity contribution in [3.8, 4) is 0 Å². The molecule has 3 aromatic carbocycles. The second-order valence-electron chi connectivity index (χ2n) is 11.2. The largest absolute Gasteiger partial charge is 0.391 e. The highest BCUT2D eigenvalue weighted by atomic mass is 19.4. The third kappa shape index (κ3) is 3.56. The first kappa shape index (κ1) is 25.0. The van der Waals surface area contributed by atoms with Crippen LogP contribution in [0.5, 0.6) is 0 Å². The molecule has 0 aromatic heterocycles. The van der Waals surface area contributed by atoms with Crippen molar-refractivity contribution in [3.63, 3.8) is 0 Å². The average molecular weight is 547 g/mol. The SMILES string of the molecule is O=C1c2ccc3c4c(ccc(c24)C(=O)N1C1CCC(C(F)(F)F)CC1)C(=O)N(C1CCc2ccccc2C1)C3=O. The summed E-state index contributed by atoms with van der Waals surface area (Å²) in [5, 5.41) is 0.583. The summed E-state index contributed by atoms with van der Waals surface area (Å²) >= 11 is 0. The van der Waals surface area contributed by atoms with Gasteiger partial charge >= 0.3 is 6.18 Å². The zero-order valence-electron chi connectivity index (χ0n) is 21.5. The Balaban J connectivity index is 1.24. The minimum Gasteiger partial charge on any atom is -0.271 e. The zero-order valence-corrected chi connectivity index (χ0v) is 21.5. The summed E-state index contributed by atoms with van der Waals surface area (Å²) < 4.78 is 39.6. The number of halogens is 3. The molecule has 0 radical (unpaired) electrons. The lowest BCUT2D eigenvalue weighted by atomic mass is 9.81. The molecule has 1 unspecified atom stereocenters. The fourth-order valence-corrected chi connectivity index (χ4v) is 7.14. The van der Waals surface area contributed by atoms with Crippen LogP contribution in [-0.4, -0.2) is 51.7 Å². The van der Waals surface area contributed by atoms with Gasteiger partial charge in [0.2, 0.25) is 0 Å². The number of imide groups is 2. The van der Waals surface area contributed by atoms with E-state index in [9.17, 15) is 32.3 Å². The van der Waals surface area contributed by atoms with Crippen molar-refractivity contribution in [2.75, 3.05) is 0 Å². The summed E-state index contributed by atoms with van der Waals surface area (Å²) in [6, 6.07) is 13.1. The van der Waals surface area contributed by atoms with Crippen molar-refractivity contribution < 1.29 is 32.3 Å². The van der Waals surface area contributed by atoms with E-state index in [1.54, 1.807) is 0 Å². The normalized spacial score (nSPS) is 24.5. The lowest BCUT2D eigenvalue weighted by molar-refractivity contribution is -0.183. The minimum absolute atomic E-state index is 0.0761. The van der Waals surface area contributed by atoms with Gasteiger partial charge in [-0.2, -0.15) is 13.2 Å². The molecule has 4 aliphatic rings. The summed E-state index contributed by atoms with van der Waals surface area (Å²) in [5.74, 6) is -3.52. The van der Waals surface area contributed by atoms with Crippen LogP contribution in [-0.2, 0) is 12.8 Å². The molecule has 7 rings (SSSR count). The van der Waals surface area contributed by atoms with E-state index in [0.29, 0.717) is 18.2 Å². The molecule has 2 heterocycles. The highest BCUT2D eigenvalue weighted by Gasteiger charge is 2.47. The maximum atomic E-state index is 13.8. The van der Waals surface area contributed by atoms with Crippen LogP contribution in [0.1, 0.15) is 84.7 Å². The van der Waals surface area contributed by atoms with Gasteiger partial charge in [0.05, 0.1) is 5.92 Å². The molecule has 1 saturated carbocycles. The van der Waals surface area contributed by atoms with Gasteiger partial charge in [0, 0.05) is 45.1 Å². The zero-order chi connectivity index (χ0) is 27.9. The predicted molar refractivity (Wildman–Crippen MR) is 139 cm³/mol. The van der Waals surface area contributed by atoms with Gasteiger partial charge in [-0.15, -0.1) is 0 Å². The molecule has 4 amide bonds. The second kappa shape index (κ2) is 8.74. The second-order valence-corrected chi connectivity index (χ2v) is 11.2. The van der Waals surface area contributed by atoms with E-state index in [1.165, 1.54) is 34.7 Å². The Hall–Kier alpha value is -4.01. The Bertz CT molecular complexity index is 1570. The standard InChI is InChI=1S/C31H25F3N2O4/c32-31(33,34)18-6-9-19(10-7-18)35-27(37)21-11-13-23-26-24(14-12-22(25(21)26)28(35)38)30(40)36(29(23)39)20-8-5-16-3-1-2-4-17(16)15-20/h1-4,11-14,18-20H,5-10,15H2. The lowest BCUT2D eigenvalue weighted by Gasteiger charge is -2.40. The van der Waals surface area contributed by atoms with E-state index in [2.05, 4.69) is 6.07 Å². The van der Waals surface area contributed by atoms with Gasteiger partial charge in [-0.3, -0.25) is 29.0 Å². The Labute approximate surface area is 227 Å². The van der Waals surface area contributed by atoms with E-state index in [-0.39, 0.29) is 59.4 Å². The maximum absolute atomic E-state index is 13.8. The summed E-state index contributed by atoms with van der Waals surface area (Å²) in [6.07, 6.45) is -2.48. The molecule has 2 aliphatic carbocycles. The molecule has 1 atom stereocenters. The maximum Gasteiger partial charge on any atom is 0.391 e. The van der Waals surface area contributed by atoms with Gasteiger partial charge in [0.25, 0.3) is 23.6 Å². The third-order valence-corrected chi connectivity index (χ3v) is 9.17. The first-order chi connectivity index (χ1) is 19.1. The topological polar surface area (TPSA) is 74.8 Å². The van der Waals surface area contributed by atoms with E-state index in [0.717, 1.165) is 16.9 Å². The van der Waals surface area contributed by atoms with Crippen LogP contribution in [0.15, 0.2) is 48.5 Å². The number of hydrogen-bond donors (Lipinski definition) is 0. The van der Waals surface area contributed by atoms with Crippen LogP contribution < -0.4 is 0 Å². The minimum atomic E-state index is -4.30. The number of hydrogen-bond acceptors (Lipinski definition) is 4. The van der Waals surface area contributed by atoms with Crippen LogP contribution in [0.2, 0.25) is 0 Å². The molecule has 40 heavy (non-hydrogen) atoms. The molecule has 0 saturated heterocycles. The van der Waals surface area contributed by atoms with E-state index < -0.39 is 41.8 Å². The first-order valence-electron chi connectivity index (χ1n) is 13.6. The number of amides is 4. The van der Waals surface area contributed by atoms with E-state index in [4.69, 9.17) is 0 Å². The highest BCUT2D eigenvalue weighted by Crippen LogP contribution is 2.43. The Morgan fingerprint density at radius 1 is 0.575 bits per heavy atom. The number of carbonyl (C=O) groups excluding carboxylic acids is 4. The Morgan fingerprint density at radius 3 is 1.50 bits per heavy atom. The average Bonchev–Trinajstić information content (AvgIpc) is 2.94. The van der Waals surface area contributed by atoms with Crippen LogP contribution in [0.25, 0.3) is 10.8 Å². The summed E-state index contributed by atoms with van der Waals surface area (Å²) in [5.41, 5.74) is 3.24. The van der Waals surface area contributed by atoms with Gasteiger partial charge in [0.15, 0.2) is 0 Å². The molecule has 1 fully saturated rings. The van der Waals surface area contributed by atoms with Crippen molar-refractivity contribution >= 4 is 34.4 Å². The van der Waals surface area contributed by atoms with Gasteiger partial charge < -0.3 is 0 Å². The number of rotatable bonds is 2. The number of benzene rings is 3. The predicted octanol–water partition coefficient (Wildman–Crippen LogP) is 5.71. The summed E-state index contributed by atoms with van der Waals surface area (Å²) in [4.78, 5) is 57.2. The summed E-state index contributed by atoms with van der Waals surface area (Å²) in [6.45, 7) is 0. The fourth-order valence-electron chi connectivity index (χ4n) is 7.14. The molecule has 204 valence electrons. The van der Waals surface area contributed by atoms with Gasteiger partial charge in [-0.25, -0.2) is 0 Å². The molecular weight excluding hydrogens is 521 g/mol. The number of aryl methyl sites for hydroxylation is 1. The number of nitrogens with zero attached hydrogens (tertiary/aromatic N) is 2. The molecule has 0 bridgehead atoms. The smallest absolute Gasteiger partial charge is 0.271 e. The molecule has 2 aliphatic heterocycles. The van der Waals surface area contributed by atoms with Crippen LogP contribution >= 0.6 is 0 Å². The van der Waals surface area contributed by atoms with Crippen molar-refractivity contribution in [1.82, 2.24) is 9.80 Å². The molecule has 0 N–H and O–H groups in total. The van der Waals surface area contributed by atoms with E-state index >= 15 is 0 Å². The molecule has 3 aromatic rings. The van der Waals surface area contributed by atoms with Crippen LogP contribution in [0.4, 0.5) is 13.2 Å². The van der Waals surface area contributed by atoms with Gasteiger partial charge in [-0.1, -0.05) is 24.3 Å².